The molecule has 0 aromatic heterocycles. The lowest BCUT2D eigenvalue weighted by Crippen LogP contribution is -2.47. The van der Waals surface area contributed by atoms with Crippen LogP contribution in [0.3, 0.4) is 0 Å². The highest BCUT2D eigenvalue weighted by atomic mass is 31.2. The standard InChI is InChI=1S/C65H115N2O7P/c1-7-10-13-16-19-22-25-28-30-32-33-35-37-40-43-46-49-52-55-58-65(69)74-63(56-53-50-47-44-41-38-27-24-21-18-15-12-9-3)62(61-73-75(70,71)72-60-59-67(4,5)6)66-64(68)57-54-51-48-45-42-39-36-34-31-29-26-23-20-17-14-11-8-2/h11,14,17,20,23,26,28-31,34,36,39,42,53,56,62-63H,7-10,12-13,15-16,18-19,21-22,24-25,27,32-33,35,37-38,40-41,43-52,54-55,57-61H2,1-6H3,(H-,66,68,70,71)/b14-11-,20-17+,26-23+,30-28+,31-29-,36-34+,42-39+,56-53+. The molecule has 0 bridgehead atoms. The number of carbonyl (C=O) groups excluding carboxylic acids is 2. The van der Waals surface area contributed by atoms with E-state index in [0.29, 0.717) is 17.4 Å². The Morgan fingerprint density at radius 2 is 0.867 bits per heavy atom. The Labute approximate surface area is 462 Å². The summed E-state index contributed by atoms with van der Waals surface area (Å²) < 4.78 is 30.3. The lowest BCUT2D eigenvalue weighted by molar-refractivity contribution is -0.870. The molecule has 0 rings (SSSR count). The Bertz CT molecular complexity index is 1610. The van der Waals surface area contributed by atoms with E-state index < -0.39 is 26.6 Å². The van der Waals surface area contributed by atoms with E-state index >= 15 is 0 Å². The van der Waals surface area contributed by atoms with Gasteiger partial charge in [0, 0.05) is 12.8 Å². The third-order valence-corrected chi connectivity index (χ3v) is 14.1. The van der Waals surface area contributed by atoms with Crippen LogP contribution in [0.5, 0.6) is 0 Å². The molecular weight excluding hydrogens is 952 g/mol. The van der Waals surface area contributed by atoms with E-state index in [1.807, 2.05) is 94.1 Å². The van der Waals surface area contributed by atoms with Gasteiger partial charge >= 0.3 is 5.97 Å². The number of nitrogens with zero attached hydrogens (tertiary/aromatic N) is 1. The maximum Gasteiger partial charge on any atom is 0.306 e. The van der Waals surface area contributed by atoms with Crippen molar-refractivity contribution in [2.75, 3.05) is 40.9 Å². The number of quaternary nitrogens is 1. The lowest BCUT2D eigenvalue weighted by atomic mass is 10.0. The van der Waals surface area contributed by atoms with Crippen molar-refractivity contribution in [2.45, 2.75) is 264 Å². The number of rotatable bonds is 54. The van der Waals surface area contributed by atoms with Crippen molar-refractivity contribution >= 4 is 19.7 Å². The van der Waals surface area contributed by atoms with E-state index in [9.17, 15) is 19.0 Å². The molecule has 10 heteroatoms. The fraction of sp³-hybridized carbons (Fsp3) is 0.723. The second kappa shape index (κ2) is 54.3. The summed E-state index contributed by atoms with van der Waals surface area (Å²) in [5.74, 6) is -0.596. The van der Waals surface area contributed by atoms with Crippen molar-refractivity contribution in [2.24, 2.45) is 0 Å². The summed E-state index contributed by atoms with van der Waals surface area (Å²) in [5, 5.41) is 3.00. The Morgan fingerprint density at radius 1 is 0.480 bits per heavy atom. The van der Waals surface area contributed by atoms with Gasteiger partial charge in [-0.25, -0.2) is 0 Å². The molecule has 0 saturated heterocycles. The third kappa shape index (κ3) is 55.5. The zero-order chi connectivity index (χ0) is 55.0. The number of hydrogen-bond acceptors (Lipinski definition) is 7. The maximum atomic E-state index is 13.5. The van der Waals surface area contributed by atoms with E-state index in [4.69, 9.17) is 13.8 Å². The summed E-state index contributed by atoms with van der Waals surface area (Å²) in [7, 11) is 1.14. The van der Waals surface area contributed by atoms with Crippen LogP contribution >= 0.6 is 7.82 Å². The van der Waals surface area contributed by atoms with Crippen LogP contribution in [-0.4, -0.2) is 69.4 Å². The summed E-state index contributed by atoms with van der Waals surface area (Å²) >= 11 is 0. The van der Waals surface area contributed by atoms with Gasteiger partial charge in [-0.15, -0.1) is 0 Å². The zero-order valence-corrected chi connectivity index (χ0v) is 50.1. The normalized spacial score (nSPS) is 14.4. The molecule has 3 unspecified atom stereocenters. The van der Waals surface area contributed by atoms with E-state index in [0.717, 1.165) is 70.6 Å². The van der Waals surface area contributed by atoms with E-state index in [2.05, 4.69) is 50.4 Å². The third-order valence-electron chi connectivity index (χ3n) is 13.2. The summed E-state index contributed by atoms with van der Waals surface area (Å²) in [4.78, 5) is 40.0. The van der Waals surface area contributed by atoms with Crippen molar-refractivity contribution in [1.29, 1.82) is 0 Å². The van der Waals surface area contributed by atoms with Crippen LogP contribution in [-0.2, 0) is 27.9 Å². The van der Waals surface area contributed by atoms with Crippen LogP contribution in [0.2, 0.25) is 0 Å². The predicted octanol–water partition coefficient (Wildman–Crippen LogP) is 18.1. The van der Waals surface area contributed by atoms with Gasteiger partial charge in [0.2, 0.25) is 5.91 Å². The van der Waals surface area contributed by atoms with Crippen LogP contribution < -0.4 is 10.2 Å². The van der Waals surface area contributed by atoms with Gasteiger partial charge < -0.3 is 28.5 Å². The molecule has 0 aliphatic carbocycles. The molecule has 1 N–H and O–H groups in total. The molecule has 1 amide bonds. The fourth-order valence-corrected chi connectivity index (χ4v) is 9.15. The summed E-state index contributed by atoms with van der Waals surface area (Å²) in [6.07, 6.45) is 72.3. The van der Waals surface area contributed by atoms with Gasteiger partial charge in [-0.1, -0.05) is 260 Å². The van der Waals surface area contributed by atoms with Crippen LogP contribution in [0.4, 0.5) is 0 Å². The molecule has 0 saturated carbocycles. The number of hydrogen-bond donors (Lipinski definition) is 1. The average Bonchev–Trinajstić information content (AvgIpc) is 3.37. The van der Waals surface area contributed by atoms with Gasteiger partial charge in [0.1, 0.15) is 19.3 Å². The number of esters is 1. The Morgan fingerprint density at radius 3 is 1.33 bits per heavy atom. The van der Waals surface area contributed by atoms with Crippen molar-refractivity contribution in [3.05, 3.63) is 97.2 Å². The molecule has 0 heterocycles. The van der Waals surface area contributed by atoms with Crippen molar-refractivity contribution < 1.29 is 37.3 Å². The molecule has 0 aromatic carbocycles. The number of carbonyl (C=O) groups is 2. The number of likely N-dealkylation sites (N-methyl/N-ethyl adjacent to an activating group) is 1. The second-order valence-electron chi connectivity index (χ2n) is 21.6. The minimum absolute atomic E-state index is 0.0361. The van der Waals surface area contributed by atoms with Crippen LogP contribution in [0, 0.1) is 0 Å². The topological polar surface area (TPSA) is 114 Å². The predicted molar refractivity (Wildman–Crippen MR) is 321 cm³/mol. The fourth-order valence-electron chi connectivity index (χ4n) is 8.43. The highest BCUT2D eigenvalue weighted by Gasteiger charge is 2.27. The summed E-state index contributed by atoms with van der Waals surface area (Å²) in [6.45, 7) is 6.66. The SMILES string of the molecule is CC\C=C/C=C/C=C/C=C\C=C\C=C\CCCCCC(=O)NC(COP(=O)([O-])OCC[N+](C)(C)C)C(/C=C/CCCCCCCCCCCCC)OC(=O)CCCCCCCCCCC/C=C/CCCCCCCC. The molecule has 0 aromatic rings. The van der Waals surface area contributed by atoms with Crippen LogP contribution in [0.15, 0.2) is 97.2 Å². The largest absolute Gasteiger partial charge is 0.756 e. The summed E-state index contributed by atoms with van der Waals surface area (Å²) in [6, 6.07) is -0.917. The van der Waals surface area contributed by atoms with Crippen molar-refractivity contribution in [3.8, 4) is 0 Å². The van der Waals surface area contributed by atoms with Gasteiger partial charge in [0.25, 0.3) is 7.82 Å². The van der Waals surface area contributed by atoms with Crippen molar-refractivity contribution in [1.82, 2.24) is 5.32 Å². The van der Waals surface area contributed by atoms with Gasteiger partial charge in [0.15, 0.2) is 0 Å². The number of ether oxygens (including phenoxy) is 1. The first-order valence-corrected chi connectivity index (χ1v) is 32.1. The lowest BCUT2D eigenvalue weighted by Gasteiger charge is -2.30. The van der Waals surface area contributed by atoms with E-state index in [-0.39, 0.29) is 31.3 Å². The quantitative estimate of drug-likeness (QED) is 0.0161. The van der Waals surface area contributed by atoms with Crippen molar-refractivity contribution in [3.63, 3.8) is 0 Å². The number of amides is 1. The molecule has 432 valence electrons. The Balaban J connectivity index is 5.39. The molecule has 0 spiro atoms. The molecule has 0 aliphatic heterocycles. The molecule has 0 fully saturated rings. The number of allylic oxidation sites excluding steroid dienone is 15. The first kappa shape index (κ1) is 71.9. The molecular formula is C65H115N2O7P. The number of phosphoric acid groups is 1. The van der Waals surface area contributed by atoms with E-state index in [1.54, 1.807) is 0 Å². The first-order chi connectivity index (χ1) is 36.4. The van der Waals surface area contributed by atoms with Crippen LogP contribution in [0.1, 0.15) is 252 Å². The molecule has 3 atom stereocenters. The average molecular weight is 1070 g/mol. The molecule has 9 nitrogen and oxygen atoms in total. The Kier molecular flexibility index (Phi) is 52.1. The summed E-state index contributed by atoms with van der Waals surface area (Å²) in [5.41, 5.74) is 0. The Hall–Kier alpha value is -3.07. The van der Waals surface area contributed by atoms with Gasteiger partial charge in [-0.05, 0) is 76.7 Å². The second-order valence-corrected chi connectivity index (χ2v) is 23.0. The first-order valence-electron chi connectivity index (χ1n) is 30.6. The molecule has 0 aliphatic rings. The maximum absolute atomic E-state index is 13.5. The van der Waals surface area contributed by atoms with Gasteiger partial charge in [-0.2, -0.15) is 0 Å². The van der Waals surface area contributed by atoms with Gasteiger partial charge in [0.05, 0.1) is 33.8 Å². The van der Waals surface area contributed by atoms with E-state index in [1.165, 1.54) is 141 Å². The minimum Gasteiger partial charge on any atom is -0.756 e. The zero-order valence-electron chi connectivity index (χ0n) is 49.2. The van der Waals surface area contributed by atoms with Gasteiger partial charge in [-0.3, -0.25) is 14.2 Å². The van der Waals surface area contributed by atoms with Crippen LogP contribution in [0.25, 0.3) is 0 Å². The monoisotopic (exact) mass is 1070 g/mol. The number of phosphoric ester groups is 1. The highest BCUT2D eigenvalue weighted by molar-refractivity contribution is 7.45. The molecule has 75 heavy (non-hydrogen) atoms. The molecule has 0 radical (unpaired) electrons. The minimum atomic E-state index is -4.72. The number of nitrogens with one attached hydrogen (secondary N) is 1. The smallest absolute Gasteiger partial charge is 0.306 e. The number of unbranched alkanes of at least 4 members (excludes halogenated alkanes) is 29. The highest BCUT2D eigenvalue weighted by Crippen LogP contribution is 2.38.